The monoisotopic (exact) mass is 250 g/mol. The van der Waals surface area contributed by atoms with Crippen molar-refractivity contribution in [2.75, 3.05) is 0 Å². The summed E-state index contributed by atoms with van der Waals surface area (Å²) in [5, 5.41) is 17.9. The minimum Gasteiger partial charge on any atom is -0.505 e. The maximum Gasteiger partial charge on any atom is 0.344 e. The van der Waals surface area contributed by atoms with Gasteiger partial charge in [-0.25, -0.2) is 4.79 Å². The molecule has 1 rings (SSSR count). The smallest absolute Gasteiger partial charge is 0.344 e. The Morgan fingerprint density at radius 2 is 1.87 bits per heavy atom. The van der Waals surface area contributed by atoms with Crippen LogP contribution < -0.4 is 4.74 Å². The lowest BCUT2D eigenvalue weighted by molar-refractivity contribution is -0.144. The van der Waals surface area contributed by atoms with Crippen LogP contribution in [0.5, 0.6) is 11.5 Å². The van der Waals surface area contributed by atoms with E-state index in [9.17, 15) is 9.90 Å². The highest BCUT2D eigenvalue weighted by Gasteiger charge is 2.14. The Hall–Kier alpha value is -1.13. The molecule has 0 saturated carbocycles. The van der Waals surface area contributed by atoms with Gasteiger partial charge in [-0.2, -0.15) is 0 Å². The molecule has 2 N–H and O–H groups in total. The van der Waals surface area contributed by atoms with Crippen LogP contribution in [0.4, 0.5) is 0 Å². The molecule has 0 bridgehead atoms. The summed E-state index contributed by atoms with van der Waals surface area (Å²) in [7, 11) is 0. The fraction of sp³-hybridized carbons (Fsp3) is 0.222. The molecule has 0 aromatic heterocycles. The fourth-order valence-electron chi connectivity index (χ4n) is 0.865. The zero-order chi connectivity index (χ0) is 11.6. The number of rotatable bonds is 3. The number of hydrogen-bond acceptors (Lipinski definition) is 3. The van der Waals surface area contributed by atoms with Gasteiger partial charge in [-0.05, 0) is 6.92 Å². The molecule has 1 aromatic carbocycles. The van der Waals surface area contributed by atoms with E-state index in [2.05, 4.69) is 0 Å². The Morgan fingerprint density at radius 1 is 1.40 bits per heavy atom. The Bertz CT molecular complexity index is 369. The summed E-state index contributed by atoms with van der Waals surface area (Å²) in [4.78, 5) is 10.5. The average molecular weight is 251 g/mol. The van der Waals surface area contributed by atoms with Gasteiger partial charge in [0.25, 0.3) is 0 Å². The molecule has 0 saturated heterocycles. The molecule has 0 radical (unpaired) electrons. The first-order chi connectivity index (χ1) is 6.91. The molecule has 4 nitrogen and oxygen atoms in total. The maximum absolute atomic E-state index is 10.5. The van der Waals surface area contributed by atoms with E-state index in [0.717, 1.165) is 0 Å². The molecular weight excluding hydrogens is 243 g/mol. The average Bonchev–Trinajstić information content (AvgIpc) is 2.13. The van der Waals surface area contributed by atoms with Crippen molar-refractivity contribution in [1.29, 1.82) is 0 Å². The van der Waals surface area contributed by atoms with E-state index >= 15 is 0 Å². The number of aliphatic carboxylic acids is 1. The third-order valence-corrected chi connectivity index (χ3v) is 2.23. The standard InChI is InChI=1S/C9H8Cl2O4/c1-4(9(13)14)15-5-2-6(10)8(12)7(11)3-5/h2-4,12H,1H3,(H,13,14). The highest BCUT2D eigenvalue weighted by Crippen LogP contribution is 2.35. The second kappa shape index (κ2) is 4.59. The van der Waals surface area contributed by atoms with E-state index in [0.29, 0.717) is 0 Å². The van der Waals surface area contributed by atoms with E-state index < -0.39 is 12.1 Å². The summed E-state index contributed by atoms with van der Waals surface area (Å²) < 4.78 is 5.01. The maximum atomic E-state index is 10.5. The number of halogens is 2. The van der Waals surface area contributed by atoms with Gasteiger partial charge < -0.3 is 14.9 Å². The van der Waals surface area contributed by atoms with Crippen LogP contribution in [0.15, 0.2) is 12.1 Å². The van der Waals surface area contributed by atoms with Crippen molar-refractivity contribution in [3.63, 3.8) is 0 Å². The number of carbonyl (C=O) groups is 1. The molecule has 0 heterocycles. The van der Waals surface area contributed by atoms with Crippen LogP contribution in [0.2, 0.25) is 10.0 Å². The minimum atomic E-state index is -1.10. The number of hydrogen-bond donors (Lipinski definition) is 2. The predicted molar refractivity (Wildman–Crippen MR) is 55.9 cm³/mol. The van der Waals surface area contributed by atoms with Gasteiger partial charge in [-0.3, -0.25) is 0 Å². The quantitative estimate of drug-likeness (QED) is 0.866. The van der Waals surface area contributed by atoms with Gasteiger partial charge in [0.1, 0.15) is 5.75 Å². The highest BCUT2D eigenvalue weighted by atomic mass is 35.5. The molecule has 1 unspecified atom stereocenters. The zero-order valence-electron chi connectivity index (χ0n) is 7.70. The van der Waals surface area contributed by atoms with Crippen LogP contribution in [0, 0.1) is 0 Å². The Balaban J connectivity index is 2.92. The molecule has 0 aliphatic carbocycles. The van der Waals surface area contributed by atoms with Crippen LogP contribution in [0.1, 0.15) is 6.92 Å². The lowest BCUT2D eigenvalue weighted by Gasteiger charge is -2.11. The minimum absolute atomic E-state index is 0.00934. The largest absolute Gasteiger partial charge is 0.505 e. The van der Waals surface area contributed by atoms with Crippen molar-refractivity contribution in [2.45, 2.75) is 13.0 Å². The number of carboxylic acid groups (broad SMARTS) is 1. The third-order valence-electron chi connectivity index (χ3n) is 1.65. The Kier molecular flexibility index (Phi) is 3.66. The number of carboxylic acids is 1. The number of phenols is 1. The van der Waals surface area contributed by atoms with Gasteiger partial charge in [-0.15, -0.1) is 0 Å². The summed E-state index contributed by atoms with van der Waals surface area (Å²) in [6.07, 6.45) is -1.01. The summed E-state index contributed by atoms with van der Waals surface area (Å²) in [6.45, 7) is 1.37. The van der Waals surface area contributed by atoms with Crippen molar-refractivity contribution in [3.8, 4) is 11.5 Å². The summed E-state index contributed by atoms with van der Waals surface area (Å²) in [5.74, 6) is -1.17. The molecule has 15 heavy (non-hydrogen) atoms. The Morgan fingerprint density at radius 3 is 2.27 bits per heavy atom. The summed E-state index contributed by atoms with van der Waals surface area (Å²) in [5.41, 5.74) is 0. The molecule has 0 aliphatic heterocycles. The van der Waals surface area contributed by atoms with Crippen molar-refractivity contribution in [3.05, 3.63) is 22.2 Å². The van der Waals surface area contributed by atoms with Crippen molar-refractivity contribution < 1.29 is 19.7 Å². The molecule has 6 heteroatoms. The Labute approximate surface area is 96.0 Å². The molecule has 0 fully saturated rings. The summed E-state index contributed by atoms with van der Waals surface area (Å²) in [6, 6.07) is 2.59. The van der Waals surface area contributed by atoms with Gasteiger partial charge >= 0.3 is 5.97 Å². The van der Waals surface area contributed by atoms with Crippen LogP contribution in [0.3, 0.4) is 0 Å². The van der Waals surface area contributed by atoms with Crippen LogP contribution >= 0.6 is 23.2 Å². The topological polar surface area (TPSA) is 66.8 Å². The van der Waals surface area contributed by atoms with Gasteiger partial charge in [0.15, 0.2) is 11.9 Å². The van der Waals surface area contributed by atoms with E-state index in [4.69, 9.17) is 33.0 Å². The normalized spacial score (nSPS) is 12.2. The van der Waals surface area contributed by atoms with Crippen molar-refractivity contribution >= 4 is 29.2 Å². The van der Waals surface area contributed by atoms with Crippen LogP contribution in [-0.2, 0) is 4.79 Å². The first kappa shape index (κ1) is 11.9. The second-order valence-corrected chi connectivity index (χ2v) is 3.65. The predicted octanol–water partition coefficient (Wildman–Crippen LogP) is 2.55. The number of aromatic hydroxyl groups is 1. The highest BCUT2D eigenvalue weighted by molar-refractivity contribution is 6.37. The van der Waals surface area contributed by atoms with Gasteiger partial charge in [0.05, 0.1) is 10.0 Å². The van der Waals surface area contributed by atoms with E-state index in [1.165, 1.54) is 19.1 Å². The molecule has 0 aliphatic rings. The first-order valence-electron chi connectivity index (χ1n) is 3.99. The van der Waals surface area contributed by atoms with Crippen LogP contribution in [0.25, 0.3) is 0 Å². The van der Waals surface area contributed by atoms with Crippen molar-refractivity contribution in [1.82, 2.24) is 0 Å². The van der Waals surface area contributed by atoms with Crippen LogP contribution in [-0.4, -0.2) is 22.3 Å². The molecule has 1 aromatic rings. The molecule has 0 amide bonds. The fourth-order valence-corrected chi connectivity index (χ4v) is 1.33. The van der Waals surface area contributed by atoms with E-state index in [1.807, 2.05) is 0 Å². The number of benzene rings is 1. The number of phenolic OH excluding ortho intramolecular Hbond substituents is 1. The SMILES string of the molecule is CC(Oc1cc(Cl)c(O)c(Cl)c1)C(=O)O. The number of ether oxygens (including phenoxy) is 1. The van der Waals surface area contributed by atoms with Gasteiger partial charge in [0, 0.05) is 12.1 Å². The van der Waals surface area contributed by atoms with Crippen molar-refractivity contribution in [2.24, 2.45) is 0 Å². The zero-order valence-corrected chi connectivity index (χ0v) is 9.21. The molecular formula is C9H8Cl2O4. The van der Waals surface area contributed by atoms with Gasteiger partial charge in [-0.1, -0.05) is 23.2 Å². The van der Waals surface area contributed by atoms with E-state index in [-0.39, 0.29) is 21.5 Å². The second-order valence-electron chi connectivity index (χ2n) is 2.83. The van der Waals surface area contributed by atoms with E-state index in [1.54, 1.807) is 0 Å². The third kappa shape index (κ3) is 2.91. The molecule has 0 spiro atoms. The molecule has 1 atom stereocenters. The molecule has 82 valence electrons. The van der Waals surface area contributed by atoms with Gasteiger partial charge in [0.2, 0.25) is 0 Å². The lowest BCUT2D eigenvalue weighted by Crippen LogP contribution is -2.22. The lowest BCUT2D eigenvalue weighted by atomic mass is 10.3. The first-order valence-corrected chi connectivity index (χ1v) is 4.75. The summed E-state index contributed by atoms with van der Waals surface area (Å²) >= 11 is 11.2.